The molecular weight excluding hydrogens is 154 g/mol. The first-order valence-electron chi connectivity index (χ1n) is 4.47. The number of ether oxygens (including phenoxy) is 1. The Kier molecular flexibility index (Phi) is 5.72. The first-order chi connectivity index (χ1) is 5.57. The van der Waals surface area contributed by atoms with Gasteiger partial charge in [0.1, 0.15) is 6.73 Å². The van der Waals surface area contributed by atoms with Gasteiger partial charge >= 0.3 is 0 Å². The van der Waals surface area contributed by atoms with Crippen molar-refractivity contribution in [3.63, 3.8) is 0 Å². The van der Waals surface area contributed by atoms with Crippen LogP contribution in [0.5, 0.6) is 0 Å². The molecule has 0 fully saturated rings. The van der Waals surface area contributed by atoms with Gasteiger partial charge in [-0.1, -0.05) is 13.8 Å². The Morgan fingerprint density at radius 3 is 2.42 bits per heavy atom. The Morgan fingerprint density at radius 2 is 2.00 bits per heavy atom. The van der Waals surface area contributed by atoms with Gasteiger partial charge in [-0.05, 0) is 20.3 Å². The molecule has 0 aromatic heterocycles. The number of hydrogen-bond donors (Lipinski definition) is 1. The van der Waals surface area contributed by atoms with Crippen molar-refractivity contribution >= 4 is 5.91 Å². The van der Waals surface area contributed by atoms with Crippen LogP contribution in [0.25, 0.3) is 0 Å². The van der Waals surface area contributed by atoms with Gasteiger partial charge in [0.05, 0.1) is 6.10 Å². The first kappa shape index (κ1) is 11.4. The summed E-state index contributed by atoms with van der Waals surface area (Å²) in [5, 5.41) is 2.70. The molecule has 12 heavy (non-hydrogen) atoms. The molecule has 3 heteroatoms. The second kappa shape index (κ2) is 6.00. The van der Waals surface area contributed by atoms with E-state index in [1.165, 1.54) is 0 Å². The molecule has 1 atom stereocenters. The van der Waals surface area contributed by atoms with E-state index in [1.54, 1.807) is 0 Å². The zero-order chi connectivity index (χ0) is 9.56. The number of carbonyl (C=O) groups excluding carboxylic acids is 1. The van der Waals surface area contributed by atoms with E-state index in [0.717, 1.165) is 6.42 Å². The van der Waals surface area contributed by atoms with Crippen molar-refractivity contribution in [2.75, 3.05) is 6.73 Å². The van der Waals surface area contributed by atoms with E-state index in [-0.39, 0.29) is 17.9 Å². The van der Waals surface area contributed by atoms with Crippen LogP contribution in [0.3, 0.4) is 0 Å². The summed E-state index contributed by atoms with van der Waals surface area (Å²) in [6.45, 7) is 8.10. The number of nitrogens with one attached hydrogen (secondary N) is 1. The SMILES string of the molecule is CCC(C)C(=O)NCOC(C)C. The average molecular weight is 173 g/mol. The molecule has 0 aromatic carbocycles. The molecule has 0 aromatic rings. The lowest BCUT2D eigenvalue weighted by Gasteiger charge is -2.11. The summed E-state index contributed by atoms with van der Waals surface area (Å²) in [5.74, 6) is 0.152. The van der Waals surface area contributed by atoms with E-state index >= 15 is 0 Å². The second-order valence-electron chi connectivity index (χ2n) is 3.21. The van der Waals surface area contributed by atoms with Crippen molar-refractivity contribution in [2.45, 2.75) is 40.2 Å². The number of amides is 1. The van der Waals surface area contributed by atoms with Crippen LogP contribution in [-0.2, 0) is 9.53 Å². The van der Waals surface area contributed by atoms with Gasteiger partial charge in [-0.25, -0.2) is 0 Å². The highest BCUT2D eigenvalue weighted by atomic mass is 16.5. The molecule has 0 spiro atoms. The van der Waals surface area contributed by atoms with E-state index in [1.807, 2.05) is 27.7 Å². The lowest BCUT2D eigenvalue weighted by atomic mass is 10.1. The summed E-state index contributed by atoms with van der Waals surface area (Å²) >= 11 is 0. The van der Waals surface area contributed by atoms with Crippen LogP contribution in [0.4, 0.5) is 0 Å². The van der Waals surface area contributed by atoms with Crippen LogP contribution in [0.15, 0.2) is 0 Å². The minimum Gasteiger partial charge on any atom is -0.359 e. The third-order valence-electron chi connectivity index (χ3n) is 1.72. The third-order valence-corrected chi connectivity index (χ3v) is 1.72. The molecule has 0 aliphatic rings. The highest BCUT2D eigenvalue weighted by Gasteiger charge is 2.08. The Bertz CT molecular complexity index is 134. The Balaban J connectivity index is 3.44. The first-order valence-corrected chi connectivity index (χ1v) is 4.47. The molecule has 0 rings (SSSR count). The Hall–Kier alpha value is -0.570. The molecule has 0 bridgehead atoms. The average Bonchev–Trinajstić information content (AvgIpc) is 2.02. The Labute approximate surface area is 74.5 Å². The van der Waals surface area contributed by atoms with Gasteiger partial charge in [0.15, 0.2) is 0 Å². The standard InChI is InChI=1S/C9H19NO2/c1-5-8(4)9(11)10-6-12-7(2)3/h7-8H,5-6H2,1-4H3,(H,10,11). The van der Waals surface area contributed by atoms with E-state index in [2.05, 4.69) is 5.32 Å². The van der Waals surface area contributed by atoms with Crippen molar-refractivity contribution < 1.29 is 9.53 Å². The molecule has 0 saturated carbocycles. The quantitative estimate of drug-likeness (QED) is 0.640. The van der Waals surface area contributed by atoms with E-state index in [0.29, 0.717) is 6.73 Å². The summed E-state index contributed by atoms with van der Waals surface area (Å²) in [5.41, 5.74) is 0. The largest absolute Gasteiger partial charge is 0.359 e. The van der Waals surface area contributed by atoms with Crippen LogP contribution in [-0.4, -0.2) is 18.7 Å². The molecule has 0 saturated heterocycles. The van der Waals surface area contributed by atoms with Gasteiger partial charge in [0.25, 0.3) is 0 Å². The highest BCUT2D eigenvalue weighted by molar-refractivity contribution is 5.77. The third kappa shape index (κ3) is 5.13. The lowest BCUT2D eigenvalue weighted by Crippen LogP contribution is -2.31. The van der Waals surface area contributed by atoms with Crippen molar-refractivity contribution in [1.82, 2.24) is 5.32 Å². The van der Waals surface area contributed by atoms with Crippen molar-refractivity contribution in [1.29, 1.82) is 0 Å². The minimum atomic E-state index is 0.0677. The molecule has 0 heterocycles. The maximum absolute atomic E-state index is 11.2. The fraction of sp³-hybridized carbons (Fsp3) is 0.889. The van der Waals surface area contributed by atoms with Gasteiger partial charge in [-0.15, -0.1) is 0 Å². The zero-order valence-electron chi connectivity index (χ0n) is 8.39. The number of carbonyl (C=O) groups is 1. The van der Waals surface area contributed by atoms with Crippen molar-refractivity contribution in [3.8, 4) is 0 Å². The predicted molar refractivity (Wildman–Crippen MR) is 48.7 cm³/mol. The maximum atomic E-state index is 11.2. The fourth-order valence-electron chi connectivity index (χ4n) is 0.639. The molecule has 0 aliphatic carbocycles. The monoisotopic (exact) mass is 173 g/mol. The summed E-state index contributed by atoms with van der Waals surface area (Å²) in [6.07, 6.45) is 1.04. The van der Waals surface area contributed by atoms with Crippen LogP contribution in [0.1, 0.15) is 34.1 Å². The van der Waals surface area contributed by atoms with Crippen LogP contribution >= 0.6 is 0 Å². The molecule has 1 N–H and O–H groups in total. The van der Waals surface area contributed by atoms with E-state index < -0.39 is 0 Å². The summed E-state index contributed by atoms with van der Waals surface area (Å²) in [7, 11) is 0. The molecule has 1 unspecified atom stereocenters. The smallest absolute Gasteiger partial charge is 0.224 e. The molecule has 0 radical (unpaired) electrons. The Morgan fingerprint density at radius 1 is 1.42 bits per heavy atom. The molecular formula is C9H19NO2. The summed E-state index contributed by atoms with van der Waals surface area (Å²) in [4.78, 5) is 11.2. The van der Waals surface area contributed by atoms with E-state index in [4.69, 9.17) is 4.74 Å². The van der Waals surface area contributed by atoms with E-state index in [9.17, 15) is 4.79 Å². The van der Waals surface area contributed by atoms with Gasteiger partial charge in [-0.3, -0.25) is 4.79 Å². The maximum Gasteiger partial charge on any atom is 0.224 e. The number of hydrogen-bond acceptors (Lipinski definition) is 2. The van der Waals surface area contributed by atoms with Crippen LogP contribution in [0, 0.1) is 5.92 Å². The molecule has 0 aliphatic heterocycles. The molecule has 3 nitrogen and oxygen atoms in total. The number of rotatable bonds is 5. The molecule has 1 amide bonds. The summed E-state index contributed by atoms with van der Waals surface area (Å²) < 4.78 is 5.18. The highest BCUT2D eigenvalue weighted by Crippen LogP contribution is 1.99. The van der Waals surface area contributed by atoms with Crippen LogP contribution < -0.4 is 5.32 Å². The van der Waals surface area contributed by atoms with Crippen molar-refractivity contribution in [3.05, 3.63) is 0 Å². The molecule has 72 valence electrons. The normalized spacial score (nSPS) is 13.1. The predicted octanol–water partition coefficient (Wildman–Crippen LogP) is 1.53. The summed E-state index contributed by atoms with van der Waals surface area (Å²) in [6, 6.07) is 0. The topological polar surface area (TPSA) is 38.3 Å². The van der Waals surface area contributed by atoms with Gasteiger partial charge in [0, 0.05) is 5.92 Å². The van der Waals surface area contributed by atoms with Gasteiger partial charge in [-0.2, -0.15) is 0 Å². The fourth-order valence-corrected chi connectivity index (χ4v) is 0.639. The van der Waals surface area contributed by atoms with Gasteiger partial charge in [0.2, 0.25) is 5.91 Å². The van der Waals surface area contributed by atoms with Crippen molar-refractivity contribution in [2.24, 2.45) is 5.92 Å². The minimum absolute atomic E-state index is 0.0677. The second-order valence-corrected chi connectivity index (χ2v) is 3.21. The van der Waals surface area contributed by atoms with Gasteiger partial charge < -0.3 is 10.1 Å². The van der Waals surface area contributed by atoms with Crippen LogP contribution in [0.2, 0.25) is 0 Å². The lowest BCUT2D eigenvalue weighted by molar-refractivity contribution is -0.126. The zero-order valence-corrected chi connectivity index (χ0v) is 8.39.